The first-order valence-electron chi connectivity index (χ1n) is 16.0. The Balaban J connectivity index is 1.21. The minimum Gasteiger partial charge on any atom is -0.462 e. The lowest BCUT2D eigenvalue weighted by Crippen LogP contribution is -2.56. The SMILES string of the molecule is Cc1cccc2cccc(N3CCc4c(nc(OC[C@@H]5CCCN5C)nc4N4CCN(S(=O)(=O)C5CN5C)[C@@H](CC#N)C4)C3)c12. The highest BCUT2D eigenvalue weighted by Crippen LogP contribution is 2.37. The summed E-state index contributed by atoms with van der Waals surface area (Å²) >= 11 is 0. The number of hydrogen-bond acceptors (Lipinski definition) is 10. The molecular formula is C33H42N8O3S. The Kier molecular flexibility index (Phi) is 8.06. The summed E-state index contributed by atoms with van der Waals surface area (Å²) in [7, 11) is 0.439. The highest BCUT2D eigenvalue weighted by atomic mass is 32.2. The van der Waals surface area contributed by atoms with E-state index in [1.807, 2.05) is 11.9 Å². The number of nitriles is 1. The maximum Gasteiger partial charge on any atom is 0.318 e. The molecule has 0 saturated carbocycles. The number of likely N-dealkylation sites (tertiary alicyclic amines) is 1. The van der Waals surface area contributed by atoms with Crippen LogP contribution in [0.1, 0.15) is 36.1 Å². The van der Waals surface area contributed by atoms with Crippen molar-refractivity contribution in [3.8, 4) is 12.1 Å². The van der Waals surface area contributed by atoms with Crippen LogP contribution in [0.5, 0.6) is 6.01 Å². The molecule has 4 aliphatic heterocycles. The molecule has 4 aliphatic rings. The van der Waals surface area contributed by atoms with Crippen molar-refractivity contribution in [1.82, 2.24) is 24.1 Å². The van der Waals surface area contributed by atoms with E-state index >= 15 is 0 Å². The molecule has 0 spiro atoms. The molecule has 0 aliphatic carbocycles. The normalized spacial score (nSPS) is 25.7. The molecule has 4 atom stereocenters. The fraction of sp³-hybridized carbons (Fsp3) is 0.545. The largest absolute Gasteiger partial charge is 0.462 e. The maximum absolute atomic E-state index is 13.4. The summed E-state index contributed by atoms with van der Waals surface area (Å²) in [6.07, 6.45) is 3.13. The quantitative estimate of drug-likeness (QED) is 0.345. The van der Waals surface area contributed by atoms with Crippen molar-refractivity contribution in [2.45, 2.75) is 56.6 Å². The van der Waals surface area contributed by atoms with Gasteiger partial charge in [0.1, 0.15) is 17.8 Å². The Morgan fingerprint density at radius 1 is 0.978 bits per heavy atom. The van der Waals surface area contributed by atoms with Gasteiger partial charge in [-0.1, -0.05) is 30.3 Å². The highest BCUT2D eigenvalue weighted by Gasteiger charge is 2.49. The number of ether oxygens (including phenoxy) is 1. The van der Waals surface area contributed by atoms with Gasteiger partial charge in [-0.2, -0.15) is 19.5 Å². The first-order valence-corrected chi connectivity index (χ1v) is 17.5. The summed E-state index contributed by atoms with van der Waals surface area (Å²) < 4.78 is 34.7. The van der Waals surface area contributed by atoms with Crippen LogP contribution < -0.4 is 14.5 Å². The Bertz CT molecular complexity index is 1740. The number of nitrogens with zero attached hydrogens (tertiary/aromatic N) is 8. The van der Waals surface area contributed by atoms with E-state index < -0.39 is 21.4 Å². The van der Waals surface area contributed by atoms with Gasteiger partial charge in [0.25, 0.3) is 0 Å². The summed E-state index contributed by atoms with van der Waals surface area (Å²) in [6, 6.07) is 15.4. The Morgan fingerprint density at radius 3 is 2.51 bits per heavy atom. The molecule has 5 heterocycles. The third kappa shape index (κ3) is 5.71. The molecule has 3 aromatic rings. The van der Waals surface area contributed by atoms with Crippen molar-refractivity contribution >= 4 is 32.3 Å². The fourth-order valence-corrected chi connectivity index (χ4v) is 9.45. The van der Waals surface area contributed by atoms with E-state index in [0.717, 1.165) is 49.4 Å². The number of aryl methyl sites for hydroxylation is 1. The van der Waals surface area contributed by atoms with Crippen LogP contribution in [-0.2, 0) is 23.0 Å². The van der Waals surface area contributed by atoms with Crippen molar-refractivity contribution in [1.29, 1.82) is 5.26 Å². The number of anilines is 2. The molecule has 0 amide bonds. The Labute approximate surface area is 266 Å². The molecule has 7 rings (SSSR count). The number of fused-ring (bicyclic) bond motifs is 2. The van der Waals surface area contributed by atoms with E-state index in [0.29, 0.717) is 51.4 Å². The average Bonchev–Trinajstić information content (AvgIpc) is 3.65. The number of sulfonamides is 1. The fourth-order valence-electron chi connectivity index (χ4n) is 7.36. The number of rotatable bonds is 8. The first kappa shape index (κ1) is 30.2. The zero-order valence-corrected chi connectivity index (χ0v) is 27.2. The van der Waals surface area contributed by atoms with Gasteiger partial charge in [0.15, 0.2) is 0 Å². The van der Waals surface area contributed by atoms with Gasteiger partial charge >= 0.3 is 6.01 Å². The van der Waals surface area contributed by atoms with Crippen LogP contribution in [0.3, 0.4) is 0 Å². The van der Waals surface area contributed by atoms with Gasteiger partial charge in [-0.05, 0) is 63.8 Å². The molecule has 0 radical (unpaired) electrons. The van der Waals surface area contributed by atoms with E-state index in [-0.39, 0.29) is 6.42 Å². The van der Waals surface area contributed by atoms with Crippen LogP contribution in [0.25, 0.3) is 10.8 Å². The number of aromatic nitrogens is 2. The van der Waals surface area contributed by atoms with Crippen molar-refractivity contribution in [2.75, 3.05) is 69.8 Å². The van der Waals surface area contributed by atoms with Crippen LogP contribution in [0.4, 0.5) is 11.5 Å². The van der Waals surface area contributed by atoms with E-state index in [9.17, 15) is 13.7 Å². The summed E-state index contributed by atoms with van der Waals surface area (Å²) in [4.78, 5) is 18.7. The smallest absolute Gasteiger partial charge is 0.318 e. The van der Waals surface area contributed by atoms with Crippen molar-refractivity contribution in [3.63, 3.8) is 0 Å². The lowest BCUT2D eigenvalue weighted by atomic mass is 9.99. The number of hydrogen-bond donors (Lipinski definition) is 0. The van der Waals surface area contributed by atoms with Gasteiger partial charge in [-0.3, -0.25) is 4.90 Å². The van der Waals surface area contributed by atoms with Crippen molar-refractivity contribution in [3.05, 3.63) is 53.2 Å². The Hall–Kier alpha value is -3.50. The molecule has 45 heavy (non-hydrogen) atoms. The second kappa shape index (κ2) is 12.0. The van der Waals surface area contributed by atoms with Gasteiger partial charge in [0, 0.05) is 55.4 Å². The molecule has 11 nitrogen and oxygen atoms in total. The predicted molar refractivity (Wildman–Crippen MR) is 175 cm³/mol. The van der Waals surface area contributed by atoms with Gasteiger partial charge in [0.05, 0.1) is 30.8 Å². The summed E-state index contributed by atoms with van der Waals surface area (Å²) in [5.74, 6) is 0.812. The van der Waals surface area contributed by atoms with Crippen LogP contribution in [0, 0.1) is 18.3 Å². The molecule has 3 saturated heterocycles. The van der Waals surface area contributed by atoms with Crippen LogP contribution in [0.2, 0.25) is 0 Å². The van der Waals surface area contributed by atoms with Crippen LogP contribution in [0.15, 0.2) is 36.4 Å². The molecule has 0 bridgehead atoms. The molecule has 12 heteroatoms. The van der Waals surface area contributed by atoms with Crippen LogP contribution >= 0.6 is 0 Å². The van der Waals surface area contributed by atoms with Gasteiger partial charge < -0.3 is 19.4 Å². The summed E-state index contributed by atoms with van der Waals surface area (Å²) in [5, 5.41) is 11.7. The summed E-state index contributed by atoms with van der Waals surface area (Å²) in [5.41, 5.74) is 4.47. The maximum atomic E-state index is 13.4. The molecule has 2 aromatic carbocycles. The van der Waals surface area contributed by atoms with Gasteiger partial charge in [-0.25, -0.2) is 8.42 Å². The predicted octanol–water partition coefficient (Wildman–Crippen LogP) is 2.98. The number of benzene rings is 2. The standard InChI is InChI=1S/C33H42N8O3S/c1-23-7-4-8-24-9-5-11-29(31(23)24)39-16-13-27-28(20-39)35-33(44-22-26-10-6-15-37(26)2)36-32(27)40-17-18-41(25(19-40)12-14-34)45(42,43)30-21-38(30)3/h4-5,7-9,11,25-26,30H,6,10,12-13,15-22H2,1-3H3/t25-,26-,30?,38?/m0/s1. The average molecular weight is 631 g/mol. The Morgan fingerprint density at radius 2 is 1.78 bits per heavy atom. The molecule has 238 valence electrons. The third-order valence-corrected chi connectivity index (χ3v) is 12.4. The summed E-state index contributed by atoms with van der Waals surface area (Å²) in [6.45, 7) is 6.95. The van der Waals surface area contributed by atoms with E-state index in [1.54, 1.807) is 4.31 Å². The molecule has 3 fully saturated rings. The van der Waals surface area contributed by atoms with Gasteiger partial charge in [0.2, 0.25) is 10.0 Å². The minimum absolute atomic E-state index is 0.130. The van der Waals surface area contributed by atoms with E-state index in [2.05, 4.69) is 71.1 Å². The van der Waals surface area contributed by atoms with Crippen LogP contribution in [-0.4, -0.2) is 110 Å². The molecular weight excluding hydrogens is 588 g/mol. The second-order valence-electron chi connectivity index (χ2n) is 13.0. The topological polar surface area (TPSA) is 109 Å². The second-order valence-corrected chi connectivity index (χ2v) is 15.0. The molecule has 1 aromatic heterocycles. The first-order chi connectivity index (χ1) is 21.7. The van der Waals surface area contributed by atoms with E-state index in [4.69, 9.17) is 14.7 Å². The van der Waals surface area contributed by atoms with E-state index in [1.165, 1.54) is 22.0 Å². The molecule has 0 N–H and O–H groups in total. The monoisotopic (exact) mass is 630 g/mol. The van der Waals surface area contributed by atoms with Crippen molar-refractivity contribution in [2.24, 2.45) is 0 Å². The highest BCUT2D eigenvalue weighted by molar-refractivity contribution is 7.90. The molecule has 2 unspecified atom stereocenters. The lowest BCUT2D eigenvalue weighted by Gasteiger charge is -2.41. The van der Waals surface area contributed by atoms with Crippen molar-refractivity contribution < 1.29 is 13.2 Å². The zero-order valence-electron chi connectivity index (χ0n) is 26.4. The zero-order chi connectivity index (χ0) is 31.3. The third-order valence-electron chi connectivity index (χ3n) is 10.1. The minimum atomic E-state index is -3.51. The number of piperazine rings is 1. The lowest BCUT2D eigenvalue weighted by molar-refractivity contribution is 0.187. The van der Waals surface area contributed by atoms with Gasteiger partial charge in [-0.15, -0.1) is 0 Å². The number of likely N-dealkylation sites (N-methyl/N-ethyl adjacent to an activating group) is 2.